The Bertz CT molecular complexity index is 629. The Morgan fingerprint density at radius 2 is 2.05 bits per heavy atom. The van der Waals surface area contributed by atoms with Crippen LogP contribution in [0.25, 0.3) is 0 Å². The van der Waals surface area contributed by atoms with Crippen LogP contribution in [-0.2, 0) is 16.1 Å². The number of esters is 1. The van der Waals surface area contributed by atoms with Crippen LogP contribution in [-0.4, -0.2) is 28.5 Å². The minimum Gasteiger partial charge on any atom is -0.451 e. The van der Waals surface area contributed by atoms with E-state index in [9.17, 15) is 9.59 Å². The summed E-state index contributed by atoms with van der Waals surface area (Å²) in [5.41, 5.74) is 2.18. The van der Waals surface area contributed by atoms with Crippen molar-refractivity contribution in [3.8, 4) is 0 Å². The molecule has 0 bridgehead atoms. The lowest BCUT2D eigenvalue weighted by Gasteiger charge is -2.08. The van der Waals surface area contributed by atoms with Crippen molar-refractivity contribution in [1.82, 2.24) is 15.3 Å². The van der Waals surface area contributed by atoms with Gasteiger partial charge in [0.2, 0.25) is 0 Å². The maximum Gasteiger partial charge on any atom is 0.359 e. The Hall–Kier alpha value is -2.76. The van der Waals surface area contributed by atoms with Gasteiger partial charge in [-0.25, -0.2) is 9.78 Å². The first-order chi connectivity index (χ1) is 10.2. The van der Waals surface area contributed by atoms with E-state index in [0.29, 0.717) is 6.54 Å². The van der Waals surface area contributed by atoms with Crippen molar-refractivity contribution in [3.05, 3.63) is 59.7 Å². The van der Waals surface area contributed by atoms with Crippen molar-refractivity contribution in [2.75, 3.05) is 6.61 Å². The van der Waals surface area contributed by atoms with Crippen LogP contribution in [0.4, 0.5) is 0 Å². The van der Waals surface area contributed by atoms with Gasteiger partial charge in [-0.15, -0.1) is 0 Å². The normalized spacial score (nSPS) is 9.95. The topological polar surface area (TPSA) is 81.2 Å². The number of carbonyl (C=O) groups is 2. The number of nitrogens with zero attached hydrogens (tertiary/aromatic N) is 2. The molecule has 0 aliphatic heterocycles. The largest absolute Gasteiger partial charge is 0.451 e. The second-order valence-corrected chi connectivity index (χ2v) is 4.37. The zero-order valence-electron chi connectivity index (χ0n) is 11.6. The maximum absolute atomic E-state index is 11.6. The molecule has 108 valence electrons. The highest BCUT2D eigenvalue weighted by molar-refractivity contribution is 5.89. The maximum atomic E-state index is 11.6. The van der Waals surface area contributed by atoms with E-state index >= 15 is 0 Å². The third kappa shape index (κ3) is 4.38. The lowest BCUT2D eigenvalue weighted by atomic mass is 10.1. The lowest BCUT2D eigenvalue weighted by molar-refractivity contribution is -0.124. The van der Waals surface area contributed by atoms with Crippen LogP contribution in [0.15, 0.2) is 42.9 Å². The quantitative estimate of drug-likeness (QED) is 0.836. The molecule has 1 heterocycles. The van der Waals surface area contributed by atoms with Gasteiger partial charge in [-0.2, -0.15) is 0 Å². The van der Waals surface area contributed by atoms with Gasteiger partial charge in [0.15, 0.2) is 12.3 Å². The number of aromatic nitrogens is 2. The smallest absolute Gasteiger partial charge is 0.359 e. The van der Waals surface area contributed by atoms with Crippen molar-refractivity contribution < 1.29 is 14.3 Å². The van der Waals surface area contributed by atoms with E-state index in [0.717, 1.165) is 11.1 Å². The standard InChI is InChI=1S/C15H15N3O3/c1-11-4-2-3-5-12(11)8-18-14(19)10-21-15(20)13-9-16-6-7-17-13/h2-7,9H,8,10H2,1H3,(H,18,19). The van der Waals surface area contributed by atoms with E-state index in [2.05, 4.69) is 15.3 Å². The number of nitrogens with one attached hydrogen (secondary N) is 1. The first-order valence-electron chi connectivity index (χ1n) is 6.41. The van der Waals surface area contributed by atoms with E-state index in [1.54, 1.807) is 0 Å². The molecule has 0 spiro atoms. The molecule has 0 aliphatic rings. The fourth-order valence-corrected chi connectivity index (χ4v) is 1.66. The van der Waals surface area contributed by atoms with Gasteiger partial charge in [-0.3, -0.25) is 9.78 Å². The van der Waals surface area contributed by atoms with E-state index in [1.807, 2.05) is 31.2 Å². The Kier molecular flexibility index (Phi) is 4.98. The second-order valence-electron chi connectivity index (χ2n) is 4.37. The second kappa shape index (κ2) is 7.14. The molecule has 0 unspecified atom stereocenters. The van der Waals surface area contributed by atoms with Crippen molar-refractivity contribution in [1.29, 1.82) is 0 Å². The Balaban J connectivity index is 1.78. The van der Waals surface area contributed by atoms with Crippen molar-refractivity contribution >= 4 is 11.9 Å². The van der Waals surface area contributed by atoms with Crippen molar-refractivity contribution in [2.24, 2.45) is 0 Å². The average molecular weight is 285 g/mol. The molecule has 6 nitrogen and oxygen atoms in total. The van der Waals surface area contributed by atoms with Gasteiger partial charge in [0.25, 0.3) is 5.91 Å². The Labute approximate surface area is 122 Å². The van der Waals surface area contributed by atoms with Crippen LogP contribution in [0.3, 0.4) is 0 Å². The van der Waals surface area contributed by atoms with Crippen LogP contribution in [0, 0.1) is 6.92 Å². The van der Waals surface area contributed by atoms with E-state index in [-0.39, 0.29) is 18.2 Å². The van der Waals surface area contributed by atoms with Gasteiger partial charge in [0.1, 0.15) is 0 Å². The zero-order valence-corrected chi connectivity index (χ0v) is 11.6. The number of carbonyl (C=O) groups excluding carboxylic acids is 2. The van der Waals surface area contributed by atoms with Crippen molar-refractivity contribution in [3.63, 3.8) is 0 Å². The van der Waals surface area contributed by atoms with E-state index in [4.69, 9.17) is 4.74 Å². The van der Waals surface area contributed by atoms with Gasteiger partial charge in [-0.1, -0.05) is 24.3 Å². The predicted molar refractivity (Wildman–Crippen MR) is 75.3 cm³/mol. The van der Waals surface area contributed by atoms with Gasteiger partial charge >= 0.3 is 5.97 Å². The summed E-state index contributed by atoms with van der Waals surface area (Å²) in [4.78, 5) is 30.8. The summed E-state index contributed by atoms with van der Waals surface area (Å²) in [5.74, 6) is -1.04. The SMILES string of the molecule is Cc1ccccc1CNC(=O)COC(=O)c1cnccn1. The van der Waals surface area contributed by atoms with E-state index in [1.165, 1.54) is 18.6 Å². The number of hydrogen-bond acceptors (Lipinski definition) is 5. The highest BCUT2D eigenvalue weighted by atomic mass is 16.5. The predicted octanol–water partition coefficient (Wildman–Crippen LogP) is 1.26. The molecule has 21 heavy (non-hydrogen) atoms. The van der Waals surface area contributed by atoms with Gasteiger partial charge in [0.05, 0.1) is 6.20 Å². The first kappa shape index (κ1) is 14.6. The first-order valence-corrected chi connectivity index (χ1v) is 6.41. The molecule has 0 fully saturated rings. The molecule has 1 aromatic carbocycles. The highest BCUT2D eigenvalue weighted by Gasteiger charge is 2.11. The van der Waals surface area contributed by atoms with Crippen LogP contribution < -0.4 is 5.32 Å². The fourth-order valence-electron chi connectivity index (χ4n) is 1.66. The molecule has 0 saturated carbocycles. The van der Waals surface area contributed by atoms with Gasteiger partial charge < -0.3 is 10.1 Å². The molecule has 0 aliphatic carbocycles. The summed E-state index contributed by atoms with van der Waals surface area (Å²) in [5, 5.41) is 2.69. The molecule has 6 heteroatoms. The molecule has 1 N–H and O–H groups in total. The van der Waals surface area contributed by atoms with Crippen LogP contribution >= 0.6 is 0 Å². The Morgan fingerprint density at radius 3 is 2.76 bits per heavy atom. The number of rotatable bonds is 5. The zero-order chi connectivity index (χ0) is 15.1. The van der Waals surface area contributed by atoms with Crippen LogP contribution in [0.5, 0.6) is 0 Å². The molecule has 0 saturated heterocycles. The molecule has 1 amide bonds. The Morgan fingerprint density at radius 1 is 1.24 bits per heavy atom. The third-order valence-corrected chi connectivity index (χ3v) is 2.84. The van der Waals surface area contributed by atoms with E-state index < -0.39 is 5.97 Å². The van der Waals surface area contributed by atoms with Gasteiger partial charge in [0, 0.05) is 18.9 Å². The van der Waals surface area contributed by atoms with Crippen LogP contribution in [0.1, 0.15) is 21.6 Å². The number of benzene rings is 1. The molecule has 0 radical (unpaired) electrons. The summed E-state index contributed by atoms with van der Waals surface area (Å²) >= 11 is 0. The average Bonchev–Trinajstić information content (AvgIpc) is 2.52. The third-order valence-electron chi connectivity index (χ3n) is 2.84. The number of aryl methyl sites for hydroxylation is 1. The summed E-state index contributed by atoms with van der Waals surface area (Å²) in [6, 6.07) is 7.74. The van der Waals surface area contributed by atoms with Gasteiger partial charge in [-0.05, 0) is 18.1 Å². The molecular weight excluding hydrogens is 270 g/mol. The minimum absolute atomic E-state index is 0.0733. The molecule has 2 rings (SSSR count). The molecular formula is C15H15N3O3. The summed E-state index contributed by atoms with van der Waals surface area (Å²) in [6.45, 7) is 2.02. The minimum atomic E-state index is -0.672. The molecule has 0 atom stereocenters. The fraction of sp³-hybridized carbons (Fsp3) is 0.200. The monoisotopic (exact) mass is 285 g/mol. The summed E-state index contributed by atoms with van der Waals surface area (Å²) < 4.78 is 4.86. The van der Waals surface area contributed by atoms with Crippen LogP contribution in [0.2, 0.25) is 0 Å². The summed E-state index contributed by atoms with van der Waals surface area (Å²) in [6.07, 6.45) is 4.12. The summed E-state index contributed by atoms with van der Waals surface area (Å²) in [7, 11) is 0. The molecule has 1 aromatic heterocycles. The number of amides is 1. The van der Waals surface area contributed by atoms with Crippen molar-refractivity contribution in [2.45, 2.75) is 13.5 Å². The molecule has 2 aromatic rings. The lowest BCUT2D eigenvalue weighted by Crippen LogP contribution is -2.28. The number of ether oxygens (including phenoxy) is 1. The number of hydrogen-bond donors (Lipinski definition) is 1. The highest BCUT2D eigenvalue weighted by Crippen LogP contribution is 2.05.